The van der Waals surface area contributed by atoms with Crippen molar-refractivity contribution in [1.82, 2.24) is 14.5 Å². The van der Waals surface area contributed by atoms with Crippen molar-refractivity contribution < 1.29 is 27.5 Å². The molecule has 2 amide bonds. The number of amides is 2. The summed E-state index contributed by atoms with van der Waals surface area (Å²) in [4.78, 5) is 26.3. The minimum Gasteiger partial charge on any atom is -0.445 e. The summed E-state index contributed by atoms with van der Waals surface area (Å²) in [5.41, 5.74) is 0.368. The zero-order valence-electron chi connectivity index (χ0n) is 21.5. The van der Waals surface area contributed by atoms with E-state index in [9.17, 15) is 18.0 Å². The first-order chi connectivity index (χ1) is 17.0. The van der Waals surface area contributed by atoms with Crippen molar-refractivity contribution in [3.05, 3.63) is 35.9 Å². The van der Waals surface area contributed by atoms with Gasteiger partial charge in [0.15, 0.2) is 0 Å². The molecule has 10 heteroatoms. The number of carbonyl (C=O) groups excluding carboxylic acids is 2. The van der Waals surface area contributed by atoms with Gasteiger partial charge in [-0.25, -0.2) is 18.0 Å². The van der Waals surface area contributed by atoms with Crippen LogP contribution >= 0.6 is 0 Å². The van der Waals surface area contributed by atoms with Crippen molar-refractivity contribution in [2.24, 2.45) is 5.92 Å². The third-order valence-corrected chi connectivity index (χ3v) is 9.36. The summed E-state index contributed by atoms with van der Waals surface area (Å²) in [7, 11) is -3.43. The van der Waals surface area contributed by atoms with Gasteiger partial charge in [0.1, 0.15) is 12.2 Å². The first kappa shape index (κ1) is 26.7. The average Bonchev–Trinajstić information content (AvgIpc) is 3.09. The Kier molecular flexibility index (Phi) is 8.14. The topological polar surface area (TPSA) is 105 Å². The lowest BCUT2D eigenvalue weighted by Gasteiger charge is -2.39. The van der Waals surface area contributed by atoms with E-state index >= 15 is 0 Å². The molecule has 0 aromatic heterocycles. The Labute approximate surface area is 214 Å². The number of nitrogens with one attached hydrogen (secondary N) is 1. The molecule has 0 spiro atoms. The minimum absolute atomic E-state index is 0.0187. The number of carbonyl (C=O) groups is 2. The van der Waals surface area contributed by atoms with Crippen molar-refractivity contribution >= 4 is 22.2 Å². The fraction of sp³-hybridized carbons (Fsp3) is 0.692. The lowest BCUT2D eigenvalue weighted by Crippen LogP contribution is -2.54. The molecule has 2 atom stereocenters. The molecular formula is C26H39N3O6S. The van der Waals surface area contributed by atoms with Gasteiger partial charge in [-0.2, -0.15) is 4.31 Å². The largest absolute Gasteiger partial charge is 0.445 e. The van der Waals surface area contributed by atoms with Crippen molar-refractivity contribution in [2.45, 2.75) is 89.6 Å². The predicted molar refractivity (Wildman–Crippen MR) is 136 cm³/mol. The van der Waals surface area contributed by atoms with E-state index in [2.05, 4.69) is 5.32 Å². The average molecular weight is 522 g/mol. The summed E-state index contributed by atoms with van der Waals surface area (Å²) in [5, 5.41) is 2.93. The van der Waals surface area contributed by atoms with Gasteiger partial charge >= 0.3 is 12.2 Å². The maximum atomic E-state index is 13.4. The Hall–Kier alpha value is -2.33. The highest BCUT2D eigenvalue weighted by Gasteiger charge is 2.47. The molecule has 2 unspecified atom stereocenters. The van der Waals surface area contributed by atoms with Crippen LogP contribution in [-0.4, -0.2) is 72.4 Å². The number of piperidine rings is 2. The second-order valence-corrected chi connectivity index (χ2v) is 13.2. The van der Waals surface area contributed by atoms with Crippen LogP contribution < -0.4 is 5.32 Å². The zero-order chi connectivity index (χ0) is 25.9. The second kappa shape index (κ2) is 11.0. The highest BCUT2D eigenvalue weighted by atomic mass is 32.2. The summed E-state index contributed by atoms with van der Waals surface area (Å²) in [6.07, 6.45) is 3.36. The molecule has 3 aliphatic heterocycles. The lowest BCUT2D eigenvalue weighted by atomic mass is 9.99. The van der Waals surface area contributed by atoms with Crippen molar-refractivity contribution in [3.8, 4) is 0 Å². The highest BCUT2D eigenvalue weighted by Crippen LogP contribution is 2.39. The summed E-state index contributed by atoms with van der Waals surface area (Å²) in [6.45, 7) is 6.71. The number of nitrogens with zero attached hydrogens (tertiary/aromatic N) is 2. The van der Waals surface area contributed by atoms with Gasteiger partial charge in [0, 0.05) is 31.2 Å². The number of hydrogen-bond acceptors (Lipinski definition) is 6. The molecule has 3 aliphatic rings. The molecule has 9 nitrogen and oxygen atoms in total. The lowest BCUT2D eigenvalue weighted by molar-refractivity contribution is 0.0476. The van der Waals surface area contributed by atoms with Gasteiger partial charge in [-0.05, 0) is 70.8 Å². The number of ether oxygens (including phenoxy) is 2. The van der Waals surface area contributed by atoms with Gasteiger partial charge in [-0.3, -0.25) is 0 Å². The maximum Gasteiger partial charge on any atom is 0.410 e. The van der Waals surface area contributed by atoms with Gasteiger partial charge in [0.05, 0.1) is 5.75 Å². The molecule has 0 aliphatic carbocycles. The highest BCUT2D eigenvalue weighted by molar-refractivity contribution is 7.89. The summed E-state index contributed by atoms with van der Waals surface area (Å²) in [5.74, 6) is 0.127. The smallest absolute Gasteiger partial charge is 0.410 e. The predicted octanol–water partition coefficient (Wildman–Crippen LogP) is 3.89. The SMILES string of the molecule is CC(C)(C)OC(=O)NC1CC2CCC(C1)N2S(=O)(=O)CC1CCN(C(=O)OCc2ccccc2)CC1. The number of rotatable bonds is 6. The Bertz CT molecular complexity index is 1000. The van der Waals surface area contributed by atoms with Crippen LogP contribution in [0.5, 0.6) is 0 Å². The molecule has 0 saturated carbocycles. The molecule has 1 aromatic carbocycles. The molecule has 2 bridgehead atoms. The van der Waals surface area contributed by atoms with E-state index in [-0.39, 0.29) is 42.5 Å². The van der Waals surface area contributed by atoms with Gasteiger partial charge in [0.25, 0.3) is 0 Å². The molecule has 200 valence electrons. The number of alkyl carbamates (subject to hydrolysis) is 1. The number of benzene rings is 1. The molecular weight excluding hydrogens is 482 g/mol. The second-order valence-electron chi connectivity index (χ2n) is 11.3. The van der Waals surface area contributed by atoms with Crippen LogP contribution in [0.25, 0.3) is 0 Å². The standard InChI is InChI=1S/C26H39N3O6S/c1-26(2,3)35-24(30)27-21-15-22-9-10-23(16-21)29(22)36(32,33)18-20-11-13-28(14-12-20)25(31)34-17-19-7-5-4-6-8-19/h4-8,20-23H,9-18H2,1-3H3,(H,27,30). The molecule has 3 fully saturated rings. The Morgan fingerprint density at radius 1 is 1.00 bits per heavy atom. The van der Waals surface area contributed by atoms with E-state index in [4.69, 9.17) is 9.47 Å². The van der Waals surface area contributed by atoms with E-state index < -0.39 is 21.7 Å². The first-order valence-corrected chi connectivity index (χ1v) is 14.6. The molecule has 3 heterocycles. The normalized spacial score (nSPS) is 25.4. The molecule has 4 rings (SSSR count). The fourth-order valence-electron chi connectivity index (χ4n) is 5.66. The van der Waals surface area contributed by atoms with Crippen LogP contribution in [0.3, 0.4) is 0 Å². The number of likely N-dealkylation sites (tertiary alicyclic amines) is 1. The van der Waals surface area contributed by atoms with Gasteiger partial charge < -0.3 is 19.7 Å². The van der Waals surface area contributed by atoms with Gasteiger partial charge in [0.2, 0.25) is 10.0 Å². The maximum absolute atomic E-state index is 13.4. The minimum atomic E-state index is -3.43. The van der Waals surface area contributed by atoms with E-state index in [1.165, 1.54) is 0 Å². The summed E-state index contributed by atoms with van der Waals surface area (Å²) in [6, 6.07) is 9.31. The van der Waals surface area contributed by atoms with E-state index in [1.807, 2.05) is 51.1 Å². The third-order valence-electron chi connectivity index (χ3n) is 7.23. The van der Waals surface area contributed by atoms with Crippen molar-refractivity contribution in [1.29, 1.82) is 0 Å². The molecule has 0 radical (unpaired) electrons. The molecule has 1 aromatic rings. The van der Waals surface area contributed by atoms with Crippen LogP contribution in [-0.2, 0) is 26.1 Å². The van der Waals surface area contributed by atoms with Crippen LogP contribution in [0.15, 0.2) is 30.3 Å². The summed E-state index contributed by atoms with van der Waals surface area (Å²) < 4.78 is 39.3. The zero-order valence-corrected chi connectivity index (χ0v) is 22.3. The van der Waals surface area contributed by atoms with Gasteiger partial charge in [-0.15, -0.1) is 0 Å². The monoisotopic (exact) mass is 521 g/mol. The van der Waals surface area contributed by atoms with E-state index in [0.29, 0.717) is 38.8 Å². The van der Waals surface area contributed by atoms with Crippen molar-refractivity contribution in [2.75, 3.05) is 18.8 Å². The summed E-state index contributed by atoms with van der Waals surface area (Å²) >= 11 is 0. The first-order valence-electron chi connectivity index (χ1n) is 13.0. The fourth-order valence-corrected chi connectivity index (χ4v) is 8.05. The van der Waals surface area contributed by atoms with Crippen LogP contribution in [0.4, 0.5) is 9.59 Å². The molecule has 36 heavy (non-hydrogen) atoms. The van der Waals surface area contributed by atoms with Gasteiger partial charge in [-0.1, -0.05) is 30.3 Å². The van der Waals surface area contributed by atoms with Crippen LogP contribution in [0.2, 0.25) is 0 Å². The molecule has 3 saturated heterocycles. The Balaban J connectivity index is 1.24. The number of sulfonamides is 1. The number of hydrogen-bond donors (Lipinski definition) is 1. The quantitative estimate of drug-likeness (QED) is 0.609. The number of fused-ring (bicyclic) bond motifs is 2. The van der Waals surface area contributed by atoms with Crippen LogP contribution in [0, 0.1) is 5.92 Å². The van der Waals surface area contributed by atoms with Crippen LogP contribution in [0.1, 0.15) is 64.9 Å². The van der Waals surface area contributed by atoms with E-state index in [0.717, 1.165) is 18.4 Å². The Morgan fingerprint density at radius 3 is 2.19 bits per heavy atom. The molecule has 1 N–H and O–H groups in total. The third kappa shape index (κ3) is 6.91. The van der Waals surface area contributed by atoms with E-state index in [1.54, 1.807) is 9.21 Å². The van der Waals surface area contributed by atoms with Crippen molar-refractivity contribution in [3.63, 3.8) is 0 Å². The Morgan fingerprint density at radius 2 is 1.61 bits per heavy atom.